The molecule has 0 heterocycles. The number of rotatable bonds is 9. The molecule has 0 saturated heterocycles. The van der Waals surface area contributed by atoms with Gasteiger partial charge in [0.2, 0.25) is 0 Å². The monoisotopic (exact) mass is 567 g/mol. The molecular weight excluding hydrogens is 545 g/mol. The molecule has 0 amide bonds. The van der Waals surface area contributed by atoms with Gasteiger partial charge in [0.15, 0.2) is 11.5 Å². The van der Waals surface area contributed by atoms with Crippen LogP contribution < -0.4 is 14.9 Å². The minimum absolute atomic E-state index is 0.0320. The lowest BCUT2D eigenvalue weighted by molar-refractivity contribution is -0.384. The number of nitrogens with zero attached hydrogens (tertiary/aromatic N) is 2. The Labute approximate surface area is 210 Å². The van der Waals surface area contributed by atoms with Gasteiger partial charge in [-0.3, -0.25) is 15.5 Å². The van der Waals surface area contributed by atoms with Crippen LogP contribution in [-0.4, -0.2) is 17.7 Å². The zero-order valence-corrected chi connectivity index (χ0v) is 20.6. The third-order valence-electron chi connectivity index (χ3n) is 5.07. The summed E-state index contributed by atoms with van der Waals surface area (Å²) < 4.78 is 13.0. The summed E-state index contributed by atoms with van der Waals surface area (Å²) in [6.45, 7) is 2.85. The first-order valence-corrected chi connectivity index (χ1v) is 11.7. The van der Waals surface area contributed by atoms with Crippen molar-refractivity contribution in [1.82, 2.24) is 0 Å². The van der Waals surface area contributed by atoms with Crippen molar-refractivity contribution in [2.75, 3.05) is 12.0 Å². The predicted molar refractivity (Wildman–Crippen MR) is 143 cm³/mol. The van der Waals surface area contributed by atoms with E-state index < -0.39 is 4.92 Å². The van der Waals surface area contributed by atoms with Gasteiger partial charge in [0.05, 0.1) is 27.0 Å². The Morgan fingerprint density at radius 1 is 1.03 bits per heavy atom. The first-order valence-electron chi connectivity index (χ1n) is 10.6. The Kier molecular flexibility index (Phi) is 7.58. The van der Waals surface area contributed by atoms with Gasteiger partial charge in [-0.15, -0.1) is 0 Å². The first kappa shape index (κ1) is 23.5. The highest BCUT2D eigenvalue weighted by atomic mass is 127. The fourth-order valence-electron chi connectivity index (χ4n) is 3.47. The van der Waals surface area contributed by atoms with E-state index >= 15 is 0 Å². The van der Waals surface area contributed by atoms with Crippen LogP contribution in [0, 0.1) is 13.7 Å². The fraction of sp³-hybridized carbons (Fsp3) is 0.115. The number of anilines is 1. The van der Waals surface area contributed by atoms with Crippen LogP contribution in [0.4, 0.5) is 11.4 Å². The molecule has 0 aliphatic carbocycles. The molecule has 0 saturated carbocycles. The molecule has 4 aromatic carbocycles. The number of benzene rings is 4. The van der Waals surface area contributed by atoms with Gasteiger partial charge in [0.25, 0.3) is 5.69 Å². The van der Waals surface area contributed by atoms with Gasteiger partial charge in [-0.25, -0.2) is 0 Å². The van der Waals surface area contributed by atoms with E-state index in [9.17, 15) is 10.1 Å². The Morgan fingerprint density at radius 3 is 2.56 bits per heavy atom. The maximum Gasteiger partial charge on any atom is 0.269 e. The number of nitrogens with one attached hydrogen (secondary N) is 1. The number of ether oxygens (including phenoxy) is 2. The second-order valence-corrected chi connectivity index (χ2v) is 8.53. The second-order valence-electron chi connectivity index (χ2n) is 7.36. The topological polar surface area (TPSA) is 86.0 Å². The molecule has 4 rings (SSSR count). The zero-order valence-electron chi connectivity index (χ0n) is 18.4. The van der Waals surface area contributed by atoms with Crippen molar-refractivity contribution in [2.45, 2.75) is 13.5 Å². The summed E-state index contributed by atoms with van der Waals surface area (Å²) in [6.07, 6.45) is 1.67. The summed E-state index contributed by atoms with van der Waals surface area (Å²) in [5, 5.41) is 17.4. The molecule has 8 heteroatoms. The maximum absolute atomic E-state index is 10.8. The van der Waals surface area contributed by atoms with Crippen molar-refractivity contribution >= 4 is 51.0 Å². The maximum atomic E-state index is 10.8. The van der Waals surface area contributed by atoms with Crippen LogP contribution in [0.2, 0.25) is 0 Å². The fourth-order valence-corrected chi connectivity index (χ4v) is 4.25. The molecule has 4 aromatic rings. The lowest BCUT2D eigenvalue weighted by Crippen LogP contribution is -2.03. The van der Waals surface area contributed by atoms with E-state index in [2.05, 4.69) is 57.4 Å². The van der Waals surface area contributed by atoms with E-state index in [-0.39, 0.29) is 5.69 Å². The summed E-state index contributed by atoms with van der Waals surface area (Å²) in [7, 11) is 0. The summed E-state index contributed by atoms with van der Waals surface area (Å²) in [6, 6.07) is 24.3. The minimum Gasteiger partial charge on any atom is -0.490 e. The predicted octanol–water partition coefficient (Wildman–Crippen LogP) is 6.78. The lowest BCUT2D eigenvalue weighted by atomic mass is 10.1. The van der Waals surface area contributed by atoms with Crippen LogP contribution in [0.5, 0.6) is 11.5 Å². The van der Waals surface area contributed by atoms with Crippen LogP contribution in [0.25, 0.3) is 10.8 Å². The van der Waals surface area contributed by atoms with E-state index in [1.54, 1.807) is 18.3 Å². The highest BCUT2D eigenvalue weighted by Gasteiger charge is 2.13. The molecule has 0 atom stereocenters. The molecule has 0 unspecified atom stereocenters. The zero-order chi connectivity index (χ0) is 23.9. The van der Waals surface area contributed by atoms with Gasteiger partial charge in [-0.05, 0) is 75.7 Å². The number of hydrogen-bond donors (Lipinski definition) is 1. The highest BCUT2D eigenvalue weighted by Crippen LogP contribution is 2.35. The quantitative estimate of drug-likeness (QED) is 0.104. The van der Waals surface area contributed by atoms with E-state index in [4.69, 9.17) is 9.47 Å². The molecule has 0 aliphatic rings. The molecule has 0 spiro atoms. The van der Waals surface area contributed by atoms with E-state index in [1.807, 2.05) is 37.3 Å². The molecule has 1 N–H and O–H groups in total. The molecule has 7 nitrogen and oxygen atoms in total. The molecule has 0 aromatic heterocycles. The van der Waals surface area contributed by atoms with Crippen LogP contribution in [-0.2, 0) is 6.61 Å². The van der Waals surface area contributed by atoms with Gasteiger partial charge < -0.3 is 9.47 Å². The van der Waals surface area contributed by atoms with Crippen LogP contribution in [0.1, 0.15) is 18.1 Å². The van der Waals surface area contributed by atoms with Crippen LogP contribution in [0.15, 0.2) is 84.0 Å². The summed E-state index contributed by atoms with van der Waals surface area (Å²) in [5.41, 5.74) is 5.50. The number of hydrogen-bond acceptors (Lipinski definition) is 6. The smallest absolute Gasteiger partial charge is 0.269 e. The Hall–Kier alpha value is -3.66. The van der Waals surface area contributed by atoms with Crippen molar-refractivity contribution in [3.63, 3.8) is 0 Å². The van der Waals surface area contributed by atoms with E-state index in [0.717, 1.165) is 14.7 Å². The van der Waals surface area contributed by atoms with E-state index in [1.165, 1.54) is 22.9 Å². The van der Waals surface area contributed by atoms with Gasteiger partial charge in [-0.2, -0.15) is 5.10 Å². The van der Waals surface area contributed by atoms with Gasteiger partial charge in [-0.1, -0.05) is 42.5 Å². The third kappa shape index (κ3) is 5.63. The molecule has 0 bridgehead atoms. The van der Waals surface area contributed by atoms with Crippen LogP contribution >= 0.6 is 22.6 Å². The number of nitro groups is 1. The third-order valence-corrected chi connectivity index (χ3v) is 5.87. The lowest BCUT2D eigenvalue weighted by Gasteiger charge is -2.15. The highest BCUT2D eigenvalue weighted by molar-refractivity contribution is 14.1. The molecule has 0 aliphatic heterocycles. The second kappa shape index (κ2) is 11.0. The SMILES string of the molecule is CCOc1cc(/C=N/Nc2ccc([N+](=O)[O-])cc2)cc(I)c1OCc1cccc2ccccc12. The Bertz CT molecular complexity index is 1330. The number of fused-ring (bicyclic) bond motifs is 1. The van der Waals surface area contributed by atoms with Gasteiger partial charge >= 0.3 is 0 Å². The summed E-state index contributed by atoms with van der Waals surface area (Å²) in [4.78, 5) is 10.3. The van der Waals surface area contributed by atoms with Crippen molar-refractivity contribution in [1.29, 1.82) is 0 Å². The minimum atomic E-state index is -0.436. The molecule has 172 valence electrons. The number of halogens is 1. The molecule has 0 radical (unpaired) electrons. The molecular formula is C26H22IN3O4. The number of hydrazone groups is 1. The Balaban J connectivity index is 1.50. The van der Waals surface area contributed by atoms with Crippen molar-refractivity contribution in [3.05, 3.63) is 104 Å². The van der Waals surface area contributed by atoms with Crippen molar-refractivity contribution in [2.24, 2.45) is 5.10 Å². The first-order chi connectivity index (χ1) is 16.5. The summed E-state index contributed by atoms with van der Waals surface area (Å²) in [5.74, 6) is 1.34. The van der Waals surface area contributed by atoms with Crippen molar-refractivity contribution in [3.8, 4) is 11.5 Å². The molecule has 0 fully saturated rings. The largest absolute Gasteiger partial charge is 0.490 e. The number of non-ortho nitro benzene ring substituents is 1. The van der Waals surface area contributed by atoms with E-state index in [0.29, 0.717) is 30.4 Å². The average Bonchev–Trinajstić information content (AvgIpc) is 2.84. The molecule has 34 heavy (non-hydrogen) atoms. The number of nitro benzene ring substituents is 1. The van der Waals surface area contributed by atoms with Crippen molar-refractivity contribution < 1.29 is 14.4 Å². The normalized spacial score (nSPS) is 11.0. The van der Waals surface area contributed by atoms with Gasteiger partial charge in [0.1, 0.15) is 6.61 Å². The van der Waals surface area contributed by atoms with Gasteiger partial charge in [0, 0.05) is 12.1 Å². The summed E-state index contributed by atoms with van der Waals surface area (Å²) >= 11 is 2.23. The van der Waals surface area contributed by atoms with Crippen LogP contribution in [0.3, 0.4) is 0 Å². The standard InChI is InChI=1S/C26H22IN3O4/c1-2-33-25-15-18(16-28-29-21-10-12-22(13-11-21)30(31)32)14-24(27)26(25)34-17-20-8-5-7-19-6-3-4-9-23(19)20/h3-16,29H,2,17H2,1H3/b28-16+. The Morgan fingerprint density at radius 2 is 1.79 bits per heavy atom. The average molecular weight is 567 g/mol.